The van der Waals surface area contributed by atoms with Crippen molar-refractivity contribution in [3.63, 3.8) is 0 Å². The number of phenols is 1. The van der Waals surface area contributed by atoms with Crippen LogP contribution in [-0.2, 0) is 0 Å². The molecule has 1 saturated heterocycles. The summed E-state index contributed by atoms with van der Waals surface area (Å²) in [6.07, 6.45) is 6.48. The maximum atomic E-state index is 9.59. The molecule has 1 aliphatic heterocycles. The molecule has 0 atom stereocenters. The fourth-order valence-electron chi connectivity index (χ4n) is 3.02. The second-order valence-electron chi connectivity index (χ2n) is 5.76. The van der Waals surface area contributed by atoms with Crippen LogP contribution in [0.2, 0.25) is 0 Å². The first kappa shape index (κ1) is 15.9. The summed E-state index contributed by atoms with van der Waals surface area (Å²) >= 11 is 2.03. The molecule has 0 amide bonds. The number of allylic oxidation sites excluding steroid dienone is 2. The number of aromatic hydroxyl groups is 1. The van der Waals surface area contributed by atoms with Crippen molar-refractivity contribution in [2.24, 2.45) is 0 Å². The molecule has 0 bridgehead atoms. The Hall–Kier alpha value is -1.93. The van der Waals surface area contributed by atoms with Crippen LogP contribution in [0.5, 0.6) is 5.75 Å². The highest BCUT2D eigenvalue weighted by Crippen LogP contribution is 2.34. The lowest BCUT2D eigenvalue weighted by molar-refractivity contribution is 0.475. The number of thioether (sulfide) groups is 1. The van der Waals surface area contributed by atoms with Crippen LogP contribution < -0.4 is 0 Å². The molecular weight excluding hydrogens is 300 g/mol. The maximum Gasteiger partial charge on any atom is 0.115 e. The highest BCUT2D eigenvalue weighted by molar-refractivity contribution is 7.99. The third kappa shape index (κ3) is 3.89. The lowest BCUT2D eigenvalue weighted by Gasteiger charge is -2.20. The summed E-state index contributed by atoms with van der Waals surface area (Å²) in [6.45, 7) is 2.04. The van der Waals surface area contributed by atoms with Gasteiger partial charge in [-0.1, -0.05) is 54.1 Å². The normalized spacial score (nSPS) is 15.1. The van der Waals surface area contributed by atoms with Gasteiger partial charge in [-0.3, -0.25) is 0 Å². The largest absolute Gasteiger partial charge is 0.508 e. The smallest absolute Gasteiger partial charge is 0.115 e. The molecule has 118 valence electrons. The van der Waals surface area contributed by atoms with Gasteiger partial charge in [0.2, 0.25) is 0 Å². The van der Waals surface area contributed by atoms with Crippen molar-refractivity contribution in [1.29, 1.82) is 0 Å². The molecule has 2 heteroatoms. The predicted octanol–water partition coefficient (Wildman–Crippen LogP) is 5.75. The molecule has 0 spiro atoms. The second-order valence-corrected chi connectivity index (χ2v) is 6.98. The van der Waals surface area contributed by atoms with Gasteiger partial charge in [0, 0.05) is 0 Å². The summed E-state index contributed by atoms with van der Waals surface area (Å²) in [4.78, 5) is 0. The van der Waals surface area contributed by atoms with E-state index in [1.54, 1.807) is 12.1 Å². The summed E-state index contributed by atoms with van der Waals surface area (Å²) in [6, 6.07) is 16.4. The first-order chi connectivity index (χ1) is 11.3. The minimum Gasteiger partial charge on any atom is -0.508 e. The van der Waals surface area contributed by atoms with E-state index < -0.39 is 0 Å². The Morgan fingerprint density at radius 2 is 1.48 bits per heavy atom. The van der Waals surface area contributed by atoms with Crippen LogP contribution in [0.25, 0.3) is 11.6 Å². The van der Waals surface area contributed by atoms with Gasteiger partial charge in [0.05, 0.1) is 0 Å². The standard InChI is InChI=1S/C21H22OS/c1-2-3-16-4-6-17(7-5-16)21(19-12-14-23-15-13-19)18-8-10-20(22)11-9-18/h2-11,22H,12-15H2,1H3/b3-2+. The van der Waals surface area contributed by atoms with E-state index in [1.165, 1.54) is 39.3 Å². The van der Waals surface area contributed by atoms with Crippen molar-refractivity contribution >= 4 is 23.4 Å². The molecule has 0 unspecified atom stereocenters. The van der Waals surface area contributed by atoms with Crippen LogP contribution in [0.1, 0.15) is 36.5 Å². The van der Waals surface area contributed by atoms with E-state index in [0.717, 1.165) is 12.8 Å². The fourth-order valence-corrected chi connectivity index (χ4v) is 4.01. The Bertz CT molecular complexity index is 701. The maximum absolute atomic E-state index is 9.59. The molecule has 3 rings (SSSR count). The van der Waals surface area contributed by atoms with Gasteiger partial charge in [0.15, 0.2) is 0 Å². The van der Waals surface area contributed by atoms with Crippen molar-refractivity contribution in [3.05, 3.63) is 76.9 Å². The number of hydrogen-bond acceptors (Lipinski definition) is 2. The molecule has 0 aromatic heterocycles. The zero-order valence-electron chi connectivity index (χ0n) is 13.5. The third-order valence-electron chi connectivity index (χ3n) is 4.16. The molecule has 0 saturated carbocycles. The highest BCUT2D eigenvalue weighted by atomic mass is 32.2. The van der Waals surface area contributed by atoms with Crippen molar-refractivity contribution in [1.82, 2.24) is 0 Å². The summed E-state index contributed by atoms with van der Waals surface area (Å²) in [5.74, 6) is 2.72. The average molecular weight is 322 g/mol. The minimum atomic E-state index is 0.320. The SMILES string of the molecule is C/C=C/c1ccc(C(=C2CCSCC2)c2ccc(O)cc2)cc1. The average Bonchev–Trinajstić information content (AvgIpc) is 2.60. The van der Waals surface area contributed by atoms with E-state index in [1.807, 2.05) is 30.8 Å². The Morgan fingerprint density at radius 3 is 2.04 bits per heavy atom. The number of phenolic OH excluding ortho intramolecular Hbond substituents is 1. The van der Waals surface area contributed by atoms with Crippen LogP contribution in [0, 0.1) is 0 Å². The van der Waals surface area contributed by atoms with Gasteiger partial charge in [0.1, 0.15) is 5.75 Å². The Balaban J connectivity index is 2.06. The number of benzene rings is 2. The molecule has 1 fully saturated rings. The summed E-state index contributed by atoms with van der Waals surface area (Å²) in [5.41, 5.74) is 6.57. The minimum absolute atomic E-state index is 0.320. The van der Waals surface area contributed by atoms with Crippen molar-refractivity contribution in [2.45, 2.75) is 19.8 Å². The first-order valence-electron chi connectivity index (χ1n) is 8.10. The second kappa shape index (κ2) is 7.56. The molecule has 23 heavy (non-hydrogen) atoms. The monoisotopic (exact) mass is 322 g/mol. The van der Waals surface area contributed by atoms with E-state index in [-0.39, 0.29) is 0 Å². The van der Waals surface area contributed by atoms with Crippen LogP contribution in [-0.4, -0.2) is 16.6 Å². The molecular formula is C21H22OS. The van der Waals surface area contributed by atoms with E-state index >= 15 is 0 Å². The Morgan fingerprint density at radius 1 is 0.913 bits per heavy atom. The zero-order chi connectivity index (χ0) is 16.1. The van der Waals surface area contributed by atoms with Gasteiger partial charge in [0.25, 0.3) is 0 Å². The van der Waals surface area contributed by atoms with E-state index in [9.17, 15) is 5.11 Å². The van der Waals surface area contributed by atoms with Crippen molar-refractivity contribution < 1.29 is 5.11 Å². The van der Waals surface area contributed by atoms with E-state index in [4.69, 9.17) is 0 Å². The van der Waals surface area contributed by atoms with E-state index in [0.29, 0.717) is 5.75 Å². The van der Waals surface area contributed by atoms with Crippen LogP contribution in [0.4, 0.5) is 0 Å². The van der Waals surface area contributed by atoms with Crippen LogP contribution in [0.3, 0.4) is 0 Å². The van der Waals surface area contributed by atoms with Crippen LogP contribution in [0.15, 0.2) is 60.2 Å². The lowest BCUT2D eigenvalue weighted by atomic mass is 9.90. The van der Waals surface area contributed by atoms with Gasteiger partial charge in [-0.2, -0.15) is 11.8 Å². The molecule has 0 radical (unpaired) electrons. The Labute approximate surface area is 142 Å². The van der Waals surface area contributed by atoms with Gasteiger partial charge in [-0.15, -0.1) is 0 Å². The van der Waals surface area contributed by atoms with Gasteiger partial charge >= 0.3 is 0 Å². The van der Waals surface area contributed by atoms with Gasteiger partial charge in [-0.05, 0) is 65.7 Å². The van der Waals surface area contributed by atoms with Crippen LogP contribution >= 0.6 is 11.8 Å². The lowest BCUT2D eigenvalue weighted by Crippen LogP contribution is -2.03. The summed E-state index contributed by atoms with van der Waals surface area (Å²) < 4.78 is 0. The molecule has 1 nitrogen and oxygen atoms in total. The molecule has 1 N–H and O–H groups in total. The Kier molecular flexibility index (Phi) is 5.24. The molecule has 1 heterocycles. The fraction of sp³-hybridized carbons (Fsp3) is 0.238. The van der Waals surface area contributed by atoms with Crippen molar-refractivity contribution in [2.75, 3.05) is 11.5 Å². The number of rotatable bonds is 3. The topological polar surface area (TPSA) is 20.2 Å². The number of hydrogen-bond donors (Lipinski definition) is 1. The van der Waals surface area contributed by atoms with Gasteiger partial charge < -0.3 is 5.11 Å². The molecule has 2 aromatic carbocycles. The van der Waals surface area contributed by atoms with Gasteiger partial charge in [-0.25, -0.2) is 0 Å². The molecule has 2 aromatic rings. The predicted molar refractivity (Wildman–Crippen MR) is 102 cm³/mol. The molecule has 0 aliphatic carbocycles. The van der Waals surface area contributed by atoms with E-state index in [2.05, 4.69) is 36.4 Å². The first-order valence-corrected chi connectivity index (χ1v) is 9.25. The molecule has 1 aliphatic rings. The summed E-state index contributed by atoms with van der Waals surface area (Å²) in [7, 11) is 0. The quantitative estimate of drug-likeness (QED) is 0.776. The summed E-state index contributed by atoms with van der Waals surface area (Å²) in [5, 5.41) is 9.59. The van der Waals surface area contributed by atoms with Crippen molar-refractivity contribution in [3.8, 4) is 5.75 Å². The third-order valence-corrected chi connectivity index (χ3v) is 5.15. The highest BCUT2D eigenvalue weighted by Gasteiger charge is 2.15. The zero-order valence-corrected chi connectivity index (χ0v) is 14.3.